The number of carbonyl (C=O) groups is 1. The highest BCUT2D eigenvalue weighted by molar-refractivity contribution is 7.21. The summed E-state index contributed by atoms with van der Waals surface area (Å²) in [7, 11) is 0. The lowest BCUT2D eigenvalue weighted by Gasteiger charge is -2.17. The van der Waals surface area contributed by atoms with Gasteiger partial charge in [0.15, 0.2) is 5.75 Å². The van der Waals surface area contributed by atoms with Gasteiger partial charge in [-0.25, -0.2) is 0 Å². The average molecular weight is 528 g/mol. The topological polar surface area (TPSA) is 59.0 Å². The van der Waals surface area contributed by atoms with Gasteiger partial charge in [-0.15, -0.1) is 11.3 Å². The van der Waals surface area contributed by atoms with Crippen LogP contribution >= 0.6 is 11.3 Å². The third-order valence-corrected chi connectivity index (χ3v) is 8.93. The van der Waals surface area contributed by atoms with Crippen LogP contribution in [-0.2, 0) is 0 Å². The molecule has 5 nitrogen and oxygen atoms in total. The monoisotopic (exact) mass is 527 g/mol. The lowest BCUT2D eigenvalue weighted by Crippen LogP contribution is -2.26. The van der Waals surface area contributed by atoms with Crippen molar-refractivity contribution in [3.8, 4) is 23.0 Å². The van der Waals surface area contributed by atoms with Crippen LogP contribution in [0.4, 0.5) is 0 Å². The number of rotatable bonds is 8. The Morgan fingerprint density at radius 3 is 2.37 bits per heavy atom. The molecule has 0 amide bonds. The van der Waals surface area contributed by atoms with E-state index in [-0.39, 0.29) is 11.5 Å². The van der Waals surface area contributed by atoms with Crippen molar-refractivity contribution >= 4 is 27.2 Å². The fourth-order valence-corrected chi connectivity index (χ4v) is 6.89. The molecular weight excluding hydrogens is 494 g/mol. The van der Waals surface area contributed by atoms with E-state index in [0.717, 1.165) is 57.5 Å². The SMILES string of the molecule is Cc1cc(C)c(C(=O)c2sc3cc(O)ccc3c2Oc2ccc(OCN3CCC(C4CC4)C3)cc2)c(C)c1. The molecule has 38 heavy (non-hydrogen) atoms. The van der Waals surface area contributed by atoms with E-state index < -0.39 is 0 Å². The molecule has 1 saturated carbocycles. The molecule has 1 aliphatic carbocycles. The quantitative estimate of drug-likeness (QED) is 0.239. The minimum atomic E-state index is -0.0641. The zero-order chi connectivity index (χ0) is 26.4. The molecular formula is C32H33NO4S. The van der Waals surface area contributed by atoms with Crippen molar-refractivity contribution in [2.24, 2.45) is 11.8 Å². The van der Waals surface area contributed by atoms with E-state index in [1.54, 1.807) is 12.1 Å². The minimum absolute atomic E-state index is 0.0641. The maximum Gasteiger partial charge on any atom is 0.207 e. The third-order valence-electron chi connectivity index (χ3n) is 7.79. The van der Waals surface area contributed by atoms with Crippen molar-refractivity contribution in [3.05, 3.63) is 81.7 Å². The van der Waals surface area contributed by atoms with E-state index in [4.69, 9.17) is 9.47 Å². The first kappa shape index (κ1) is 25.0. The first-order valence-electron chi connectivity index (χ1n) is 13.4. The number of benzene rings is 3. The van der Waals surface area contributed by atoms with Crippen LogP contribution in [0.3, 0.4) is 0 Å². The lowest BCUT2D eigenvalue weighted by molar-refractivity contribution is 0.103. The molecule has 0 radical (unpaired) electrons. The molecule has 196 valence electrons. The predicted molar refractivity (Wildman–Crippen MR) is 152 cm³/mol. The molecule has 1 N–H and O–H groups in total. The molecule has 0 spiro atoms. The number of ketones is 1. The van der Waals surface area contributed by atoms with Crippen LogP contribution in [0.2, 0.25) is 0 Å². The van der Waals surface area contributed by atoms with E-state index in [2.05, 4.69) is 4.90 Å². The summed E-state index contributed by atoms with van der Waals surface area (Å²) < 4.78 is 13.2. The molecule has 0 bridgehead atoms. The number of aromatic hydroxyl groups is 1. The Morgan fingerprint density at radius 2 is 1.66 bits per heavy atom. The zero-order valence-corrected chi connectivity index (χ0v) is 22.9. The van der Waals surface area contributed by atoms with E-state index in [0.29, 0.717) is 28.7 Å². The molecule has 1 aromatic heterocycles. The van der Waals surface area contributed by atoms with Gasteiger partial charge in [-0.2, -0.15) is 0 Å². The van der Waals surface area contributed by atoms with Gasteiger partial charge in [-0.3, -0.25) is 9.69 Å². The van der Waals surface area contributed by atoms with Crippen LogP contribution in [0, 0.1) is 32.6 Å². The number of phenols is 1. The first-order chi connectivity index (χ1) is 18.4. The van der Waals surface area contributed by atoms with Crippen molar-refractivity contribution in [2.75, 3.05) is 19.8 Å². The van der Waals surface area contributed by atoms with Gasteiger partial charge in [0.1, 0.15) is 28.9 Å². The lowest BCUT2D eigenvalue weighted by atomic mass is 9.95. The van der Waals surface area contributed by atoms with E-state index in [1.165, 1.54) is 30.6 Å². The number of hydrogen-bond donors (Lipinski definition) is 1. The van der Waals surface area contributed by atoms with Crippen molar-refractivity contribution in [2.45, 2.75) is 40.0 Å². The van der Waals surface area contributed by atoms with Crippen molar-refractivity contribution in [3.63, 3.8) is 0 Å². The molecule has 4 aromatic rings. The van der Waals surface area contributed by atoms with E-state index in [1.807, 2.05) is 63.2 Å². The second kappa shape index (κ2) is 10.1. The molecule has 1 saturated heterocycles. The molecule has 3 aromatic carbocycles. The van der Waals surface area contributed by atoms with Crippen molar-refractivity contribution < 1.29 is 19.4 Å². The van der Waals surface area contributed by atoms with E-state index >= 15 is 0 Å². The number of likely N-dealkylation sites (tertiary alicyclic amines) is 1. The predicted octanol–water partition coefficient (Wildman–Crippen LogP) is 7.62. The summed E-state index contributed by atoms with van der Waals surface area (Å²) in [4.78, 5) is 16.8. The Bertz CT molecular complexity index is 1480. The number of thiophene rings is 1. The van der Waals surface area contributed by atoms with Crippen LogP contribution in [0.5, 0.6) is 23.0 Å². The maximum atomic E-state index is 13.8. The van der Waals surface area contributed by atoms with Gasteiger partial charge in [0.2, 0.25) is 5.78 Å². The fraction of sp³-hybridized carbons (Fsp3) is 0.344. The number of nitrogens with zero attached hydrogens (tertiary/aromatic N) is 1. The molecule has 1 unspecified atom stereocenters. The first-order valence-corrected chi connectivity index (χ1v) is 14.2. The molecule has 2 aliphatic rings. The van der Waals surface area contributed by atoms with E-state index in [9.17, 15) is 9.90 Å². The Kier molecular flexibility index (Phi) is 6.62. The average Bonchev–Trinajstić information content (AvgIpc) is 3.52. The van der Waals surface area contributed by atoms with Crippen LogP contribution in [0.15, 0.2) is 54.6 Å². The fourth-order valence-electron chi connectivity index (χ4n) is 5.78. The Balaban J connectivity index is 1.23. The zero-order valence-electron chi connectivity index (χ0n) is 22.1. The number of hydrogen-bond acceptors (Lipinski definition) is 6. The minimum Gasteiger partial charge on any atom is -0.508 e. The summed E-state index contributed by atoms with van der Waals surface area (Å²) in [5.74, 6) is 3.85. The third kappa shape index (κ3) is 5.03. The van der Waals surface area contributed by atoms with Crippen molar-refractivity contribution in [1.82, 2.24) is 4.90 Å². The molecule has 1 atom stereocenters. The summed E-state index contributed by atoms with van der Waals surface area (Å²) in [5, 5.41) is 10.9. The van der Waals surface area contributed by atoms with Crippen LogP contribution in [-0.4, -0.2) is 35.6 Å². The largest absolute Gasteiger partial charge is 0.508 e. The van der Waals surface area contributed by atoms with Crippen LogP contribution in [0.25, 0.3) is 10.1 Å². The summed E-state index contributed by atoms with van der Waals surface area (Å²) in [5.41, 5.74) is 3.72. The highest BCUT2D eigenvalue weighted by Crippen LogP contribution is 2.44. The Hall–Kier alpha value is -3.35. The van der Waals surface area contributed by atoms with Gasteiger partial charge in [-0.05, 0) is 105 Å². The summed E-state index contributed by atoms with van der Waals surface area (Å²) >= 11 is 1.35. The van der Waals surface area contributed by atoms with Crippen LogP contribution in [0.1, 0.15) is 51.2 Å². The molecule has 2 heterocycles. The normalized spacial score (nSPS) is 17.7. The van der Waals surface area contributed by atoms with Crippen molar-refractivity contribution in [1.29, 1.82) is 0 Å². The second-order valence-corrected chi connectivity index (χ2v) is 11.9. The number of fused-ring (bicyclic) bond motifs is 1. The van der Waals surface area contributed by atoms with Gasteiger partial charge in [0.05, 0.1) is 0 Å². The highest BCUT2D eigenvalue weighted by atomic mass is 32.1. The highest BCUT2D eigenvalue weighted by Gasteiger charge is 2.35. The standard InChI is InChI=1S/C32H33NO4S/c1-19-14-20(2)29(21(3)15-19)30(35)32-31(27-11-6-24(34)16-28(27)38-32)37-26-9-7-25(8-10-26)36-18-33-13-12-23(17-33)22-4-5-22/h6-11,14-16,22-23,34H,4-5,12-13,17-18H2,1-3H3. The Labute approximate surface area is 227 Å². The Morgan fingerprint density at radius 1 is 0.947 bits per heavy atom. The number of ether oxygens (including phenoxy) is 2. The molecule has 6 rings (SSSR count). The summed E-state index contributed by atoms with van der Waals surface area (Å²) in [6, 6.07) is 16.8. The molecule has 2 fully saturated rings. The second-order valence-electron chi connectivity index (χ2n) is 10.9. The van der Waals surface area contributed by atoms with Gasteiger partial charge < -0.3 is 14.6 Å². The molecule has 1 aliphatic heterocycles. The van der Waals surface area contributed by atoms with Crippen LogP contribution < -0.4 is 9.47 Å². The van der Waals surface area contributed by atoms with Gasteiger partial charge in [-0.1, -0.05) is 17.7 Å². The molecule has 6 heteroatoms. The summed E-state index contributed by atoms with van der Waals surface area (Å²) in [6.07, 6.45) is 4.09. The van der Waals surface area contributed by atoms with Gasteiger partial charge in [0, 0.05) is 28.7 Å². The van der Waals surface area contributed by atoms with Gasteiger partial charge in [0.25, 0.3) is 0 Å². The number of aryl methyl sites for hydroxylation is 3. The number of phenolic OH excluding ortho intramolecular Hbond substituents is 1. The van der Waals surface area contributed by atoms with Gasteiger partial charge >= 0.3 is 0 Å². The number of carbonyl (C=O) groups excluding carboxylic acids is 1. The summed E-state index contributed by atoms with van der Waals surface area (Å²) in [6.45, 7) is 8.84. The maximum absolute atomic E-state index is 13.8. The smallest absolute Gasteiger partial charge is 0.207 e.